The number of hydrogen-bond acceptors (Lipinski definition) is 6. The number of anilines is 2. The Labute approximate surface area is 177 Å². The van der Waals surface area contributed by atoms with Crippen molar-refractivity contribution in [3.05, 3.63) is 71.2 Å². The maximum atomic E-state index is 14.9. The molecule has 4 rings (SSSR count). The molecule has 0 aliphatic rings. The first-order valence-electron chi connectivity index (χ1n) is 9.06. The Morgan fingerprint density at radius 1 is 1.09 bits per heavy atom. The molecule has 0 aliphatic heterocycles. The number of hydrogen-bond donors (Lipinski definition) is 3. The lowest BCUT2D eigenvalue weighted by Gasteiger charge is -2.14. The minimum atomic E-state index is -2.03. The number of aliphatic hydroxyl groups excluding tert-OH is 1. The first-order chi connectivity index (χ1) is 15.2. The Kier molecular flexibility index (Phi) is 5.22. The first-order valence-corrected chi connectivity index (χ1v) is 9.06. The molecule has 0 radical (unpaired) electrons. The van der Waals surface area contributed by atoms with E-state index < -0.39 is 46.5 Å². The van der Waals surface area contributed by atoms with Crippen molar-refractivity contribution >= 4 is 28.4 Å². The van der Waals surface area contributed by atoms with Crippen molar-refractivity contribution in [2.24, 2.45) is 0 Å². The van der Waals surface area contributed by atoms with Crippen LogP contribution in [0.3, 0.4) is 0 Å². The monoisotopic (exact) mass is 446 g/mol. The van der Waals surface area contributed by atoms with Crippen molar-refractivity contribution in [3.8, 4) is 5.69 Å². The summed E-state index contributed by atoms with van der Waals surface area (Å²) in [7, 11) is 0. The third kappa shape index (κ3) is 3.60. The first kappa shape index (κ1) is 21.2. The second-order valence-corrected chi connectivity index (χ2v) is 6.81. The van der Waals surface area contributed by atoms with E-state index in [1.54, 1.807) is 6.92 Å². The average Bonchev–Trinajstić information content (AvgIpc) is 3.08. The number of benzene rings is 2. The van der Waals surface area contributed by atoms with E-state index in [0.29, 0.717) is 17.3 Å². The van der Waals surface area contributed by atoms with E-state index in [2.05, 4.69) is 15.1 Å². The molecule has 0 spiro atoms. The Bertz CT molecular complexity index is 1350. The zero-order valence-electron chi connectivity index (χ0n) is 16.3. The van der Waals surface area contributed by atoms with Crippen molar-refractivity contribution in [2.75, 3.05) is 11.1 Å². The van der Waals surface area contributed by atoms with Gasteiger partial charge in [-0.05, 0) is 36.8 Å². The van der Waals surface area contributed by atoms with Crippen LogP contribution in [-0.2, 0) is 4.79 Å². The standard InChI is InChI=1S/C20H14F4N6O2/c1-8-16-17(19(25)27-7-26-16)30(29-8)13-3-2-12(14(23)15(13)24)28-20(32)18(31)9-4-10(21)6-11(22)5-9/h2-7,18,31H,1H3,(H,28,32)(H2,25,26,27)/t18-/m1/s1. The molecule has 4 N–H and O–H groups in total. The highest BCUT2D eigenvalue weighted by atomic mass is 19.2. The molecule has 0 aliphatic carbocycles. The number of carbonyl (C=O) groups excluding carboxylic acids is 1. The molecular formula is C20H14F4N6O2. The number of rotatable bonds is 4. The molecule has 0 saturated carbocycles. The molecule has 1 atom stereocenters. The van der Waals surface area contributed by atoms with Crippen LogP contribution in [0.25, 0.3) is 16.7 Å². The minimum Gasteiger partial charge on any atom is -0.382 e. The van der Waals surface area contributed by atoms with E-state index in [1.165, 1.54) is 6.33 Å². The summed E-state index contributed by atoms with van der Waals surface area (Å²) < 4.78 is 57.3. The van der Waals surface area contributed by atoms with Gasteiger partial charge >= 0.3 is 0 Å². The number of aryl methyl sites for hydroxylation is 1. The number of amides is 1. The smallest absolute Gasteiger partial charge is 0.257 e. The van der Waals surface area contributed by atoms with Gasteiger partial charge in [-0.25, -0.2) is 32.2 Å². The lowest BCUT2D eigenvalue weighted by atomic mass is 10.1. The van der Waals surface area contributed by atoms with Gasteiger partial charge < -0.3 is 16.2 Å². The molecular weight excluding hydrogens is 432 g/mol. The Hall–Kier alpha value is -4.06. The number of nitrogen functional groups attached to an aromatic ring is 1. The second-order valence-electron chi connectivity index (χ2n) is 6.81. The number of aromatic nitrogens is 4. The van der Waals surface area contributed by atoms with E-state index in [0.717, 1.165) is 28.9 Å². The van der Waals surface area contributed by atoms with E-state index in [9.17, 15) is 27.5 Å². The van der Waals surface area contributed by atoms with E-state index in [1.807, 2.05) is 5.32 Å². The SMILES string of the molecule is Cc1nn(-c2ccc(NC(=O)[C@H](O)c3cc(F)cc(F)c3)c(F)c2F)c2c(N)ncnc12. The van der Waals surface area contributed by atoms with Crippen LogP contribution in [0.1, 0.15) is 17.4 Å². The average molecular weight is 446 g/mol. The van der Waals surface area contributed by atoms with Crippen molar-refractivity contribution < 1.29 is 27.5 Å². The second kappa shape index (κ2) is 7.89. The summed E-state index contributed by atoms with van der Waals surface area (Å²) in [5.74, 6) is -6.08. The highest BCUT2D eigenvalue weighted by Crippen LogP contribution is 2.29. The van der Waals surface area contributed by atoms with Gasteiger partial charge in [-0.3, -0.25) is 4.79 Å². The quantitative estimate of drug-likeness (QED) is 0.415. The maximum Gasteiger partial charge on any atom is 0.257 e. The summed E-state index contributed by atoms with van der Waals surface area (Å²) in [6, 6.07) is 4.20. The molecule has 0 unspecified atom stereocenters. The predicted octanol–water partition coefficient (Wildman–Crippen LogP) is 2.93. The molecule has 2 heterocycles. The van der Waals surface area contributed by atoms with Gasteiger partial charge in [0.2, 0.25) is 0 Å². The van der Waals surface area contributed by atoms with Crippen molar-refractivity contribution in [2.45, 2.75) is 13.0 Å². The Morgan fingerprint density at radius 2 is 1.78 bits per heavy atom. The normalized spacial score (nSPS) is 12.2. The van der Waals surface area contributed by atoms with Gasteiger partial charge in [0.1, 0.15) is 34.7 Å². The number of carbonyl (C=O) groups is 1. The fourth-order valence-electron chi connectivity index (χ4n) is 3.17. The van der Waals surface area contributed by atoms with Gasteiger partial charge in [-0.15, -0.1) is 0 Å². The van der Waals surface area contributed by atoms with Crippen molar-refractivity contribution in [1.29, 1.82) is 0 Å². The maximum absolute atomic E-state index is 14.9. The van der Waals surface area contributed by atoms with Crippen LogP contribution >= 0.6 is 0 Å². The summed E-state index contributed by atoms with van der Waals surface area (Å²) in [5.41, 5.74) is 5.42. The summed E-state index contributed by atoms with van der Waals surface area (Å²) in [4.78, 5) is 20.1. The minimum absolute atomic E-state index is 0.00163. The number of fused-ring (bicyclic) bond motifs is 1. The molecule has 32 heavy (non-hydrogen) atoms. The molecule has 0 bridgehead atoms. The highest BCUT2D eigenvalue weighted by molar-refractivity contribution is 5.95. The summed E-state index contributed by atoms with van der Waals surface area (Å²) in [6.45, 7) is 1.60. The van der Waals surface area contributed by atoms with Gasteiger partial charge in [0.15, 0.2) is 23.6 Å². The van der Waals surface area contributed by atoms with Crippen LogP contribution in [0.5, 0.6) is 0 Å². The third-order valence-electron chi connectivity index (χ3n) is 4.65. The van der Waals surface area contributed by atoms with Crippen LogP contribution in [0.4, 0.5) is 29.1 Å². The van der Waals surface area contributed by atoms with Crippen molar-refractivity contribution in [1.82, 2.24) is 19.7 Å². The molecule has 8 nitrogen and oxygen atoms in total. The van der Waals surface area contributed by atoms with Crippen LogP contribution in [-0.4, -0.2) is 30.8 Å². The third-order valence-corrected chi connectivity index (χ3v) is 4.65. The number of aliphatic hydroxyl groups is 1. The molecule has 0 fully saturated rings. The van der Waals surface area contributed by atoms with Crippen LogP contribution in [0.15, 0.2) is 36.7 Å². The van der Waals surface area contributed by atoms with Gasteiger partial charge in [0.25, 0.3) is 5.91 Å². The number of nitrogens with two attached hydrogens (primary N) is 1. The van der Waals surface area contributed by atoms with Gasteiger partial charge in [0.05, 0.1) is 11.4 Å². The molecule has 12 heteroatoms. The van der Waals surface area contributed by atoms with Crippen molar-refractivity contribution in [3.63, 3.8) is 0 Å². The van der Waals surface area contributed by atoms with Crippen LogP contribution in [0, 0.1) is 30.2 Å². The predicted molar refractivity (Wildman–Crippen MR) is 106 cm³/mol. The van der Waals surface area contributed by atoms with Crippen LogP contribution < -0.4 is 11.1 Å². The molecule has 2 aromatic heterocycles. The lowest BCUT2D eigenvalue weighted by molar-refractivity contribution is -0.124. The number of nitrogens with zero attached hydrogens (tertiary/aromatic N) is 4. The lowest BCUT2D eigenvalue weighted by Crippen LogP contribution is -2.22. The molecule has 2 aromatic carbocycles. The molecule has 1 amide bonds. The summed E-state index contributed by atoms with van der Waals surface area (Å²) in [6.07, 6.45) is -0.820. The number of halogens is 4. The molecule has 4 aromatic rings. The molecule has 0 saturated heterocycles. The largest absolute Gasteiger partial charge is 0.382 e. The Morgan fingerprint density at radius 3 is 2.47 bits per heavy atom. The zero-order chi connectivity index (χ0) is 23.2. The fraction of sp³-hybridized carbons (Fsp3) is 0.100. The highest BCUT2D eigenvalue weighted by Gasteiger charge is 2.24. The fourth-order valence-corrected chi connectivity index (χ4v) is 3.17. The van der Waals surface area contributed by atoms with E-state index in [4.69, 9.17) is 5.73 Å². The Balaban J connectivity index is 1.68. The molecule has 164 valence electrons. The summed E-state index contributed by atoms with van der Waals surface area (Å²) in [5, 5.41) is 16.2. The zero-order valence-corrected chi connectivity index (χ0v) is 16.3. The van der Waals surface area contributed by atoms with Crippen LogP contribution in [0.2, 0.25) is 0 Å². The van der Waals surface area contributed by atoms with Gasteiger partial charge in [-0.1, -0.05) is 0 Å². The van der Waals surface area contributed by atoms with Gasteiger partial charge in [-0.2, -0.15) is 5.10 Å². The topological polar surface area (TPSA) is 119 Å². The summed E-state index contributed by atoms with van der Waals surface area (Å²) >= 11 is 0. The number of nitrogens with one attached hydrogen (secondary N) is 1. The van der Waals surface area contributed by atoms with E-state index >= 15 is 0 Å². The van der Waals surface area contributed by atoms with Gasteiger partial charge in [0, 0.05) is 6.07 Å². The van der Waals surface area contributed by atoms with E-state index in [-0.39, 0.29) is 17.0 Å².